The minimum atomic E-state index is 0.410. The lowest BCUT2D eigenvalue weighted by molar-refractivity contribution is -0.171. The molecule has 4 heteroatoms. The summed E-state index contributed by atoms with van der Waals surface area (Å²) in [7, 11) is 1.83. The van der Waals surface area contributed by atoms with Crippen LogP contribution in [0.15, 0.2) is 17.6 Å². The second-order valence-corrected chi connectivity index (χ2v) is 5.69. The second kappa shape index (κ2) is 4.57. The minimum absolute atomic E-state index is 0.410. The SMILES string of the molecule is C=CCNC(=NC)NC1C2CCOC2C12CCC2. The van der Waals surface area contributed by atoms with Crippen LogP contribution in [0.4, 0.5) is 0 Å². The molecule has 1 spiro atoms. The first kappa shape index (κ1) is 12.0. The van der Waals surface area contributed by atoms with Gasteiger partial charge in [-0.15, -0.1) is 6.58 Å². The summed E-state index contributed by atoms with van der Waals surface area (Å²) in [6, 6.07) is 0.551. The topological polar surface area (TPSA) is 45.7 Å². The highest BCUT2D eigenvalue weighted by molar-refractivity contribution is 5.80. The molecule has 3 aliphatic rings. The van der Waals surface area contributed by atoms with Gasteiger partial charge in [0.15, 0.2) is 5.96 Å². The van der Waals surface area contributed by atoms with Crippen molar-refractivity contribution in [2.45, 2.75) is 37.8 Å². The Hall–Kier alpha value is -1.03. The number of hydrogen-bond donors (Lipinski definition) is 2. The van der Waals surface area contributed by atoms with E-state index in [9.17, 15) is 0 Å². The Labute approximate surface area is 109 Å². The summed E-state index contributed by atoms with van der Waals surface area (Å²) in [5.41, 5.74) is 0.410. The molecule has 2 aliphatic carbocycles. The van der Waals surface area contributed by atoms with Crippen LogP contribution in [-0.2, 0) is 4.74 Å². The van der Waals surface area contributed by atoms with Crippen molar-refractivity contribution in [2.24, 2.45) is 16.3 Å². The van der Waals surface area contributed by atoms with E-state index in [2.05, 4.69) is 22.2 Å². The van der Waals surface area contributed by atoms with Gasteiger partial charge in [0.2, 0.25) is 0 Å². The zero-order chi connectivity index (χ0) is 12.6. The Morgan fingerprint density at radius 3 is 3.00 bits per heavy atom. The first-order chi connectivity index (χ1) is 8.81. The van der Waals surface area contributed by atoms with E-state index in [4.69, 9.17) is 4.74 Å². The lowest BCUT2D eigenvalue weighted by atomic mass is 9.46. The number of nitrogens with zero attached hydrogens (tertiary/aromatic N) is 1. The lowest BCUT2D eigenvalue weighted by Gasteiger charge is -2.63. The van der Waals surface area contributed by atoms with E-state index in [0.29, 0.717) is 23.5 Å². The highest BCUT2D eigenvalue weighted by Crippen LogP contribution is 2.62. The van der Waals surface area contributed by atoms with Gasteiger partial charge in [-0.05, 0) is 19.3 Å². The van der Waals surface area contributed by atoms with Crippen LogP contribution in [0.1, 0.15) is 25.7 Å². The highest BCUT2D eigenvalue weighted by Gasteiger charge is 2.66. The summed E-state index contributed by atoms with van der Waals surface area (Å²) in [6.45, 7) is 5.42. The van der Waals surface area contributed by atoms with Gasteiger partial charge >= 0.3 is 0 Å². The van der Waals surface area contributed by atoms with Crippen LogP contribution >= 0.6 is 0 Å². The summed E-state index contributed by atoms with van der Waals surface area (Å²) < 4.78 is 5.92. The summed E-state index contributed by atoms with van der Waals surface area (Å²) in [5, 5.41) is 6.88. The average molecular weight is 249 g/mol. The standard InChI is InChI=1S/C14H23N3O/c1-3-8-16-13(15-2)17-11-10-5-9-18-12(10)14(11)6-4-7-14/h3,10-12H,1,4-9H2,2H3,(H2,15,16,17). The van der Waals surface area contributed by atoms with Gasteiger partial charge in [0.05, 0.1) is 6.10 Å². The second-order valence-electron chi connectivity index (χ2n) is 5.69. The molecule has 1 saturated heterocycles. The molecule has 4 nitrogen and oxygen atoms in total. The zero-order valence-corrected chi connectivity index (χ0v) is 11.1. The van der Waals surface area contributed by atoms with E-state index in [1.54, 1.807) is 0 Å². The van der Waals surface area contributed by atoms with Gasteiger partial charge in [0, 0.05) is 37.6 Å². The molecule has 2 N–H and O–H groups in total. The first-order valence-corrected chi connectivity index (χ1v) is 7.01. The molecule has 0 aromatic rings. The third-order valence-electron chi connectivity index (χ3n) is 4.97. The molecule has 2 saturated carbocycles. The molecule has 0 aromatic heterocycles. The number of nitrogens with one attached hydrogen (secondary N) is 2. The molecule has 3 rings (SSSR count). The fourth-order valence-electron chi connectivity index (χ4n) is 3.97. The monoisotopic (exact) mass is 249 g/mol. The zero-order valence-electron chi connectivity index (χ0n) is 11.1. The number of ether oxygens (including phenoxy) is 1. The van der Waals surface area contributed by atoms with Gasteiger partial charge < -0.3 is 15.4 Å². The molecule has 0 amide bonds. The summed E-state index contributed by atoms with van der Waals surface area (Å²) >= 11 is 0. The average Bonchev–Trinajstić information content (AvgIpc) is 2.73. The number of rotatable bonds is 3. The number of hydrogen-bond acceptors (Lipinski definition) is 2. The van der Waals surface area contributed by atoms with Crippen molar-refractivity contribution >= 4 is 5.96 Å². The number of guanidine groups is 1. The molecule has 0 aromatic carbocycles. The molecular formula is C14H23N3O. The van der Waals surface area contributed by atoms with Gasteiger partial charge in [-0.1, -0.05) is 12.5 Å². The quantitative estimate of drug-likeness (QED) is 0.450. The van der Waals surface area contributed by atoms with Crippen molar-refractivity contribution in [3.05, 3.63) is 12.7 Å². The largest absolute Gasteiger partial charge is 0.377 e. The van der Waals surface area contributed by atoms with Crippen molar-refractivity contribution in [1.82, 2.24) is 10.6 Å². The Morgan fingerprint density at radius 1 is 1.56 bits per heavy atom. The van der Waals surface area contributed by atoms with E-state index in [1.165, 1.54) is 25.7 Å². The summed E-state index contributed by atoms with van der Waals surface area (Å²) in [4.78, 5) is 4.29. The van der Waals surface area contributed by atoms with Crippen LogP contribution in [0, 0.1) is 11.3 Å². The minimum Gasteiger partial charge on any atom is -0.377 e. The predicted octanol–water partition coefficient (Wildman–Crippen LogP) is 1.29. The Balaban J connectivity index is 1.66. The molecule has 3 unspecified atom stereocenters. The van der Waals surface area contributed by atoms with Crippen LogP contribution in [0.5, 0.6) is 0 Å². The maximum Gasteiger partial charge on any atom is 0.191 e. The molecule has 0 bridgehead atoms. The van der Waals surface area contributed by atoms with Gasteiger partial charge in [-0.2, -0.15) is 0 Å². The van der Waals surface area contributed by atoms with E-state index in [-0.39, 0.29) is 0 Å². The molecule has 1 aliphatic heterocycles. The molecule has 18 heavy (non-hydrogen) atoms. The normalized spacial score (nSPS) is 36.5. The van der Waals surface area contributed by atoms with Gasteiger partial charge in [-0.3, -0.25) is 4.99 Å². The van der Waals surface area contributed by atoms with Crippen LogP contribution in [0.2, 0.25) is 0 Å². The fraction of sp³-hybridized carbons (Fsp3) is 0.786. The van der Waals surface area contributed by atoms with Crippen LogP contribution < -0.4 is 10.6 Å². The molecular weight excluding hydrogens is 226 g/mol. The van der Waals surface area contributed by atoms with E-state index >= 15 is 0 Å². The van der Waals surface area contributed by atoms with E-state index in [0.717, 1.165) is 19.1 Å². The van der Waals surface area contributed by atoms with Gasteiger partial charge in [0.25, 0.3) is 0 Å². The molecule has 100 valence electrons. The number of fused-ring (bicyclic) bond motifs is 2. The van der Waals surface area contributed by atoms with Crippen molar-refractivity contribution < 1.29 is 4.74 Å². The van der Waals surface area contributed by atoms with Crippen molar-refractivity contribution in [3.8, 4) is 0 Å². The third-order valence-corrected chi connectivity index (χ3v) is 4.97. The highest BCUT2D eigenvalue weighted by atomic mass is 16.5. The Morgan fingerprint density at radius 2 is 2.39 bits per heavy atom. The molecule has 1 heterocycles. The summed E-state index contributed by atoms with van der Waals surface area (Å²) in [5.74, 6) is 1.59. The Kier molecular flexibility index (Phi) is 3.06. The third kappa shape index (κ3) is 1.58. The Bertz CT molecular complexity index is 362. The predicted molar refractivity (Wildman–Crippen MR) is 72.6 cm³/mol. The van der Waals surface area contributed by atoms with Gasteiger partial charge in [0.1, 0.15) is 0 Å². The van der Waals surface area contributed by atoms with Crippen molar-refractivity contribution in [2.75, 3.05) is 20.2 Å². The fourth-order valence-corrected chi connectivity index (χ4v) is 3.97. The van der Waals surface area contributed by atoms with E-state index in [1.807, 2.05) is 13.1 Å². The smallest absolute Gasteiger partial charge is 0.191 e. The molecule has 3 atom stereocenters. The lowest BCUT2D eigenvalue weighted by Crippen LogP contribution is -2.72. The van der Waals surface area contributed by atoms with Crippen LogP contribution in [-0.4, -0.2) is 38.3 Å². The number of aliphatic imine (C=N–C) groups is 1. The van der Waals surface area contributed by atoms with Crippen molar-refractivity contribution in [3.63, 3.8) is 0 Å². The molecule has 0 radical (unpaired) electrons. The maximum atomic E-state index is 5.92. The van der Waals surface area contributed by atoms with E-state index < -0.39 is 0 Å². The van der Waals surface area contributed by atoms with Gasteiger partial charge in [-0.25, -0.2) is 0 Å². The van der Waals surface area contributed by atoms with Crippen LogP contribution in [0.25, 0.3) is 0 Å². The molecule has 3 fully saturated rings. The summed E-state index contributed by atoms with van der Waals surface area (Å²) in [6.07, 6.45) is 7.54. The first-order valence-electron chi connectivity index (χ1n) is 7.01. The maximum absolute atomic E-state index is 5.92. The van der Waals surface area contributed by atoms with Crippen molar-refractivity contribution in [1.29, 1.82) is 0 Å². The van der Waals surface area contributed by atoms with Crippen LogP contribution in [0.3, 0.4) is 0 Å².